The highest BCUT2D eigenvalue weighted by Gasteiger charge is 2.02. The Labute approximate surface area is 117 Å². The number of alkyl halides is 2. The van der Waals surface area contributed by atoms with Gasteiger partial charge >= 0.3 is 5.97 Å². The van der Waals surface area contributed by atoms with Crippen molar-refractivity contribution in [2.24, 2.45) is 0 Å². The standard InChI is InChI=1S/C14H24F2O2Si/c1-2-13(17)18-11-9-7-5-3-4-6-8-10-12-19-14(15)16/h2,14H,1,3-12H2. The van der Waals surface area contributed by atoms with Gasteiger partial charge in [0.2, 0.25) is 6.05 Å². The van der Waals surface area contributed by atoms with E-state index < -0.39 is 6.05 Å². The van der Waals surface area contributed by atoms with Gasteiger partial charge < -0.3 is 4.74 Å². The van der Waals surface area contributed by atoms with Gasteiger partial charge in [0.25, 0.3) is 0 Å². The SMILES string of the molecule is C=CC(=O)OCCCCCCCCCC[Si]C(F)F. The van der Waals surface area contributed by atoms with Crippen molar-refractivity contribution >= 4 is 15.5 Å². The first-order chi connectivity index (χ1) is 9.16. The quantitative estimate of drug-likeness (QED) is 0.220. The molecule has 0 atom stereocenters. The number of ether oxygens (including phenoxy) is 1. The van der Waals surface area contributed by atoms with E-state index in [2.05, 4.69) is 6.58 Å². The number of hydrogen-bond donors (Lipinski definition) is 0. The summed E-state index contributed by atoms with van der Waals surface area (Å²) in [7, 11) is -0.184. The molecule has 110 valence electrons. The summed E-state index contributed by atoms with van der Waals surface area (Å²) in [5.74, 6) is -0.357. The van der Waals surface area contributed by atoms with E-state index in [1.807, 2.05) is 0 Å². The van der Waals surface area contributed by atoms with Crippen LogP contribution in [0.3, 0.4) is 0 Å². The number of unbranched alkanes of at least 4 members (excludes halogenated alkanes) is 7. The Morgan fingerprint density at radius 2 is 1.58 bits per heavy atom. The fourth-order valence-corrected chi connectivity index (χ4v) is 2.40. The van der Waals surface area contributed by atoms with E-state index in [4.69, 9.17) is 4.74 Å². The highest BCUT2D eigenvalue weighted by atomic mass is 28.2. The minimum Gasteiger partial charge on any atom is -0.463 e. The molecule has 0 saturated heterocycles. The van der Waals surface area contributed by atoms with Crippen LogP contribution in [0.1, 0.15) is 51.4 Å². The Hall–Kier alpha value is -0.713. The summed E-state index contributed by atoms with van der Waals surface area (Å²) in [5.41, 5.74) is 0. The van der Waals surface area contributed by atoms with Gasteiger partial charge in [0.1, 0.15) is 9.52 Å². The predicted octanol–water partition coefficient (Wildman–Crippen LogP) is 4.18. The molecule has 0 aliphatic rings. The molecule has 0 amide bonds. The highest BCUT2D eigenvalue weighted by molar-refractivity contribution is 6.36. The van der Waals surface area contributed by atoms with Gasteiger partial charge in [-0.1, -0.05) is 57.6 Å². The topological polar surface area (TPSA) is 26.3 Å². The summed E-state index contributed by atoms with van der Waals surface area (Å²) >= 11 is 0. The Bertz CT molecular complexity index is 235. The second-order valence-electron chi connectivity index (χ2n) is 4.45. The zero-order valence-corrected chi connectivity index (χ0v) is 12.5. The third-order valence-electron chi connectivity index (χ3n) is 2.78. The average Bonchev–Trinajstić information content (AvgIpc) is 2.39. The van der Waals surface area contributed by atoms with Crippen molar-refractivity contribution < 1.29 is 18.3 Å². The Morgan fingerprint density at radius 3 is 2.11 bits per heavy atom. The van der Waals surface area contributed by atoms with Crippen molar-refractivity contribution in [1.82, 2.24) is 0 Å². The molecule has 0 fully saturated rings. The minimum atomic E-state index is -2.12. The molecule has 0 heterocycles. The number of carbonyl (C=O) groups excluding carboxylic acids is 1. The minimum absolute atomic E-state index is 0.184. The first kappa shape index (κ1) is 18.3. The lowest BCUT2D eigenvalue weighted by Crippen LogP contribution is -2.02. The Balaban J connectivity index is 3.03. The van der Waals surface area contributed by atoms with Gasteiger partial charge in [-0.2, -0.15) is 0 Å². The fourth-order valence-electron chi connectivity index (χ4n) is 1.73. The van der Waals surface area contributed by atoms with E-state index in [1.54, 1.807) is 0 Å². The summed E-state index contributed by atoms with van der Waals surface area (Å²) in [6.45, 7) is 3.80. The largest absolute Gasteiger partial charge is 0.463 e. The zero-order chi connectivity index (χ0) is 14.3. The van der Waals surface area contributed by atoms with E-state index in [-0.39, 0.29) is 15.5 Å². The van der Waals surface area contributed by atoms with Gasteiger partial charge in [0, 0.05) is 6.08 Å². The normalized spacial score (nSPS) is 10.7. The fraction of sp³-hybridized carbons (Fsp3) is 0.786. The Kier molecular flexibility index (Phi) is 13.2. The molecule has 0 aromatic heterocycles. The maximum absolute atomic E-state index is 11.9. The molecule has 0 unspecified atom stereocenters. The number of halogens is 2. The molecular weight excluding hydrogens is 266 g/mol. The highest BCUT2D eigenvalue weighted by Crippen LogP contribution is 2.10. The molecule has 5 heteroatoms. The summed E-state index contributed by atoms with van der Waals surface area (Å²) < 4.78 is 28.6. The monoisotopic (exact) mass is 290 g/mol. The number of hydrogen-bond acceptors (Lipinski definition) is 2. The van der Waals surface area contributed by atoms with E-state index in [9.17, 15) is 13.6 Å². The molecule has 2 radical (unpaired) electrons. The first-order valence-corrected chi connectivity index (χ1v) is 8.26. The molecule has 19 heavy (non-hydrogen) atoms. The average molecular weight is 290 g/mol. The van der Waals surface area contributed by atoms with Gasteiger partial charge in [-0.15, -0.1) is 0 Å². The van der Waals surface area contributed by atoms with Crippen molar-refractivity contribution in [3.63, 3.8) is 0 Å². The maximum Gasteiger partial charge on any atom is 0.330 e. The van der Waals surface area contributed by atoms with Gasteiger partial charge in [-0.05, 0) is 6.42 Å². The number of esters is 1. The Morgan fingerprint density at radius 1 is 1.05 bits per heavy atom. The second-order valence-corrected chi connectivity index (χ2v) is 5.80. The van der Waals surface area contributed by atoms with Crippen LogP contribution in [0.2, 0.25) is 6.04 Å². The van der Waals surface area contributed by atoms with Crippen molar-refractivity contribution in [3.05, 3.63) is 12.7 Å². The van der Waals surface area contributed by atoms with Crippen LogP contribution in [0.5, 0.6) is 0 Å². The van der Waals surface area contributed by atoms with Gasteiger partial charge in [-0.25, -0.2) is 13.6 Å². The number of carbonyl (C=O) groups is 1. The maximum atomic E-state index is 11.9. The summed E-state index contributed by atoms with van der Waals surface area (Å²) in [6.07, 6.45) is 9.76. The lowest BCUT2D eigenvalue weighted by Gasteiger charge is -2.03. The van der Waals surface area contributed by atoms with Gasteiger partial charge in [0.05, 0.1) is 6.61 Å². The van der Waals surface area contributed by atoms with Crippen LogP contribution in [-0.2, 0) is 9.53 Å². The molecule has 0 rings (SSSR count). The molecule has 0 aliphatic carbocycles. The van der Waals surface area contributed by atoms with Crippen LogP contribution < -0.4 is 0 Å². The zero-order valence-electron chi connectivity index (χ0n) is 11.5. The van der Waals surface area contributed by atoms with Crippen molar-refractivity contribution in [2.45, 2.75) is 63.5 Å². The molecule has 0 spiro atoms. The van der Waals surface area contributed by atoms with Crippen LogP contribution in [0, 0.1) is 0 Å². The van der Waals surface area contributed by atoms with Crippen molar-refractivity contribution in [2.75, 3.05) is 6.61 Å². The molecule has 0 aliphatic heterocycles. The van der Waals surface area contributed by atoms with Gasteiger partial charge in [-0.3, -0.25) is 0 Å². The van der Waals surface area contributed by atoms with Crippen LogP contribution in [0.4, 0.5) is 8.78 Å². The van der Waals surface area contributed by atoms with Crippen LogP contribution in [-0.4, -0.2) is 28.1 Å². The third-order valence-corrected chi connectivity index (χ3v) is 3.73. The van der Waals surface area contributed by atoms with Gasteiger partial charge in [0.15, 0.2) is 0 Å². The molecular formula is C14H24F2O2Si. The van der Waals surface area contributed by atoms with E-state index in [1.165, 1.54) is 18.9 Å². The molecule has 0 aromatic carbocycles. The predicted molar refractivity (Wildman–Crippen MR) is 74.7 cm³/mol. The molecule has 0 bridgehead atoms. The lowest BCUT2D eigenvalue weighted by atomic mass is 10.1. The van der Waals surface area contributed by atoms with Crippen LogP contribution >= 0.6 is 0 Å². The van der Waals surface area contributed by atoms with E-state index in [0.29, 0.717) is 12.7 Å². The number of rotatable bonds is 13. The second kappa shape index (κ2) is 13.7. The third kappa shape index (κ3) is 15.2. The molecule has 2 nitrogen and oxygen atoms in total. The van der Waals surface area contributed by atoms with E-state index in [0.717, 1.165) is 38.5 Å². The molecule has 0 saturated carbocycles. The van der Waals surface area contributed by atoms with Crippen LogP contribution in [0.25, 0.3) is 0 Å². The van der Waals surface area contributed by atoms with Crippen molar-refractivity contribution in [1.29, 1.82) is 0 Å². The molecule has 0 aromatic rings. The lowest BCUT2D eigenvalue weighted by molar-refractivity contribution is -0.137. The smallest absolute Gasteiger partial charge is 0.330 e. The summed E-state index contributed by atoms with van der Waals surface area (Å²) in [5, 5.41) is 0. The van der Waals surface area contributed by atoms with E-state index >= 15 is 0 Å². The first-order valence-electron chi connectivity index (χ1n) is 6.97. The summed E-state index contributed by atoms with van der Waals surface area (Å²) in [4.78, 5) is 10.7. The van der Waals surface area contributed by atoms with Crippen molar-refractivity contribution in [3.8, 4) is 0 Å². The molecule has 0 N–H and O–H groups in total. The van der Waals surface area contributed by atoms with Crippen LogP contribution in [0.15, 0.2) is 12.7 Å². The summed E-state index contributed by atoms with van der Waals surface area (Å²) in [6, 6.07) is -1.44.